The number of halogens is 3. The number of amides is 1. The highest BCUT2D eigenvalue weighted by molar-refractivity contribution is 5.95. The van der Waals surface area contributed by atoms with Crippen LogP contribution in [0.15, 0.2) is 18.2 Å². The number of anilines is 2. The van der Waals surface area contributed by atoms with Gasteiger partial charge < -0.3 is 25.0 Å². The number of hydrogen-bond acceptors (Lipinski definition) is 4. The Kier molecular flexibility index (Phi) is 7.24. The van der Waals surface area contributed by atoms with Crippen LogP contribution < -0.4 is 15.5 Å². The van der Waals surface area contributed by atoms with Gasteiger partial charge in [-0.05, 0) is 25.1 Å². The van der Waals surface area contributed by atoms with Gasteiger partial charge in [0.05, 0.1) is 36.8 Å². The van der Waals surface area contributed by atoms with E-state index < -0.39 is 11.7 Å². The number of alkyl halides is 3. The van der Waals surface area contributed by atoms with Crippen molar-refractivity contribution in [1.29, 1.82) is 0 Å². The molecular formula is C17H25F3N3O3+. The van der Waals surface area contributed by atoms with Crippen LogP contribution >= 0.6 is 0 Å². The van der Waals surface area contributed by atoms with E-state index in [9.17, 15) is 18.0 Å². The maximum absolute atomic E-state index is 13.1. The third kappa shape index (κ3) is 5.86. The van der Waals surface area contributed by atoms with Gasteiger partial charge in [0, 0.05) is 20.2 Å². The van der Waals surface area contributed by atoms with E-state index in [0.717, 1.165) is 12.1 Å². The average Bonchev–Trinajstić information content (AvgIpc) is 2.60. The number of nitrogens with zero attached hydrogens (tertiary/aromatic N) is 1. The van der Waals surface area contributed by atoms with E-state index in [2.05, 4.69) is 5.32 Å². The molecule has 146 valence electrons. The molecule has 1 fully saturated rings. The predicted molar refractivity (Wildman–Crippen MR) is 91.2 cm³/mol. The van der Waals surface area contributed by atoms with Crippen molar-refractivity contribution in [2.75, 3.05) is 56.8 Å². The van der Waals surface area contributed by atoms with E-state index in [-0.39, 0.29) is 24.2 Å². The molecule has 1 atom stereocenters. The van der Waals surface area contributed by atoms with Crippen LogP contribution in [-0.2, 0) is 20.4 Å². The van der Waals surface area contributed by atoms with Crippen molar-refractivity contribution in [2.45, 2.75) is 19.1 Å². The Morgan fingerprint density at radius 1 is 1.38 bits per heavy atom. The van der Waals surface area contributed by atoms with Crippen LogP contribution in [0.5, 0.6) is 0 Å². The average molecular weight is 376 g/mol. The molecule has 26 heavy (non-hydrogen) atoms. The molecule has 1 aromatic rings. The van der Waals surface area contributed by atoms with E-state index in [1.165, 1.54) is 6.07 Å². The molecule has 1 aromatic carbocycles. The number of hydrogen-bond donors (Lipinski definition) is 2. The molecule has 9 heteroatoms. The van der Waals surface area contributed by atoms with Crippen LogP contribution in [0, 0.1) is 0 Å². The largest absolute Gasteiger partial charge is 0.416 e. The van der Waals surface area contributed by atoms with Crippen LogP contribution in [0.3, 0.4) is 0 Å². The number of carbonyl (C=O) groups excluding carboxylic acids is 1. The number of benzene rings is 1. The Hall–Kier alpha value is -1.84. The van der Waals surface area contributed by atoms with Crippen LogP contribution in [0.25, 0.3) is 0 Å². The zero-order valence-corrected chi connectivity index (χ0v) is 14.9. The fourth-order valence-corrected chi connectivity index (χ4v) is 2.73. The molecule has 3 N–H and O–H groups in total. The standard InChI is InChI=1S/C17H24F3N3O3/c1-12(11-25-2)21-10-16(24)22-14-9-13(17(18,19)20)3-4-15(14)23-5-7-26-8-6-23/h3-4,9,12,21H,5-8,10-11H2,1-2H3,(H,22,24)/p+1/t12-/m0/s1. The van der Waals surface area contributed by atoms with Crippen molar-refractivity contribution in [1.82, 2.24) is 0 Å². The molecular weight excluding hydrogens is 351 g/mol. The van der Waals surface area contributed by atoms with Gasteiger partial charge in [-0.1, -0.05) is 0 Å². The minimum absolute atomic E-state index is 0.0750. The van der Waals surface area contributed by atoms with Gasteiger partial charge in [0.1, 0.15) is 6.04 Å². The summed E-state index contributed by atoms with van der Waals surface area (Å²) in [5.41, 5.74) is -0.0550. The minimum Gasteiger partial charge on any atom is -0.379 e. The van der Waals surface area contributed by atoms with Crippen molar-refractivity contribution in [3.63, 3.8) is 0 Å². The SMILES string of the molecule is COC[C@H](C)[NH2+]CC(=O)Nc1cc(C(F)(F)F)ccc1N1CCOCC1. The lowest BCUT2D eigenvalue weighted by molar-refractivity contribution is -0.677. The third-order valence-corrected chi connectivity index (χ3v) is 4.08. The summed E-state index contributed by atoms with van der Waals surface area (Å²) in [5.74, 6) is -0.359. The van der Waals surface area contributed by atoms with E-state index in [4.69, 9.17) is 9.47 Å². The molecule has 0 spiro atoms. The van der Waals surface area contributed by atoms with E-state index in [0.29, 0.717) is 38.6 Å². The van der Waals surface area contributed by atoms with Gasteiger partial charge in [-0.3, -0.25) is 4.79 Å². The molecule has 2 rings (SSSR count). The maximum atomic E-state index is 13.1. The summed E-state index contributed by atoms with van der Waals surface area (Å²) in [7, 11) is 1.57. The highest BCUT2D eigenvalue weighted by atomic mass is 19.4. The van der Waals surface area contributed by atoms with Crippen LogP contribution in [0.2, 0.25) is 0 Å². The van der Waals surface area contributed by atoms with Crippen LogP contribution in [0.1, 0.15) is 12.5 Å². The van der Waals surface area contributed by atoms with Crippen molar-refractivity contribution in [3.8, 4) is 0 Å². The van der Waals surface area contributed by atoms with Crippen molar-refractivity contribution >= 4 is 17.3 Å². The van der Waals surface area contributed by atoms with Crippen molar-refractivity contribution in [3.05, 3.63) is 23.8 Å². The van der Waals surface area contributed by atoms with Crippen molar-refractivity contribution in [2.24, 2.45) is 0 Å². The highest BCUT2D eigenvalue weighted by Crippen LogP contribution is 2.35. The number of nitrogens with two attached hydrogens (primary N) is 1. The van der Waals surface area contributed by atoms with Crippen molar-refractivity contribution < 1.29 is 32.8 Å². The molecule has 0 aromatic heterocycles. The molecule has 1 saturated heterocycles. The first kappa shape index (κ1) is 20.5. The lowest BCUT2D eigenvalue weighted by atomic mass is 10.1. The summed E-state index contributed by atoms with van der Waals surface area (Å²) in [5, 5.41) is 4.40. The van der Waals surface area contributed by atoms with E-state index in [1.807, 2.05) is 11.8 Å². The summed E-state index contributed by atoms with van der Waals surface area (Å²) in [4.78, 5) is 14.1. The number of morpholine rings is 1. The van der Waals surface area contributed by atoms with Gasteiger partial charge in [-0.2, -0.15) is 13.2 Å². The van der Waals surface area contributed by atoms with Gasteiger partial charge in [0.15, 0.2) is 6.54 Å². The van der Waals surface area contributed by atoms with E-state index >= 15 is 0 Å². The van der Waals surface area contributed by atoms with Crippen LogP contribution in [0.4, 0.5) is 24.5 Å². The second-order valence-corrected chi connectivity index (χ2v) is 6.25. The second-order valence-electron chi connectivity index (χ2n) is 6.25. The van der Waals surface area contributed by atoms with Crippen LogP contribution in [-0.4, -0.2) is 58.5 Å². The van der Waals surface area contributed by atoms with Gasteiger partial charge in [0.2, 0.25) is 0 Å². The number of carbonyl (C=O) groups is 1. The normalized spacial score (nSPS) is 16.4. The Bertz CT molecular complexity index is 605. The second kappa shape index (κ2) is 9.20. The molecule has 0 saturated carbocycles. The lowest BCUT2D eigenvalue weighted by Crippen LogP contribution is -2.92. The molecule has 1 amide bonds. The first-order chi connectivity index (χ1) is 12.3. The monoisotopic (exact) mass is 376 g/mol. The number of ether oxygens (including phenoxy) is 2. The van der Waals surface area contributed by atoms with Gasteiger partial charge in [-0.25, -0.2) is 0 Å². The smallest absolute Gasteiger partial charge is 0.379 e. The molecule has 0 aliphatic carbocycles. The predicted octanol–water partition coefficient (Wildman–Crippen LogP) is 1.08. The summed E-state index contributed by atoms with van der Waals surface area (Å²) in [6, 6.07) is 3.50. The van der Waals surface area contributed by atoms with Gasteiger partial charge >= 0.3 is 6.18 Å². The Labute approximate surface area is 150 Å². The summed E-state index contributed by atoms with van der Waals surface area (Å²) in [6.07, 6.45) is -4.47. The zero-order chi connectivity index (χ0) is 19.2. The highest BCUT2D eigenvalue weighted by Gasteiger charge is 2.32. The first-order valence-corrected chi connectivity index (χ1v) is 8.47. The maximum Gasteiger partial charge on any atom is 0.416 e. The van der Waals surface area contributed by atoms with Gasteiger partial charge in [-0.15, -0.1) is 0 Å². The number of rotatable bonds is 7. The molecule has 0 radical (unpaired) electrons. The van der Waals surface area contributed by atoms with E-state index in [1.54, 1.807) is 12.4 Å². The number of quaternary nitrogens is 1. The Morgan fingerprint density at radius 2 is 2.08 bits per heavy atom. The third-order valence-electron chi connectivity index (χ3n) is 4.08. The quantitative estimate of drug-likeness (QED) is 0.747. The lowest BCUT2D eigenvalue weighted by Gasteiger charge is -2.31. The zero-order valence-electron chi connectivity index (χ0n) is 14.9. The number of nitrogens with one attached hydrogen (secondary N) is 1. The Balaban J connectivity index is 2.15. The molecule has 1 aliphatic heterocycles. The molecule has 1 heterocycles. The fraction of sp³-hybridized carbons (Fsp3) is 0.588. The van der Waals surface area contributed by atoms with Gasteiger partial charge in [0.25, 0.3) is 5.91 Å². The topological polar surface area (TPSA) is 67.4 Å². The Morgan fingerprint density at radius 3 is 2.69 bits per heavy atom. The molecule has 0 unspecified atom stereocenters. The molecule has 1 aliphatic rings. The summed E-state index contributed by atoms with van der Waals surface area (Å²) in [6.45, 7) is 4.60. The molecule has 0 bridgehead atoms. The minimum atomic E-state index is -4.47. The number of methoxy groups -OCH3 is 1. The molecule has 6 nitrogen and oxygen atoms in total. The summed E-state index contributed by atoms with van der Waals surface area (Å²) >= 11 is 0. The first-order valence-electron chi connectivity index (χ1n) is 8.47. The fourth-order valence-electron chi connectivity index (χ4n) is 2.73. The summed E-state index contributed by atoms with van der Waals surface area (Å²) < 4.78 is 49.4.